The van der Waals surface area contributed by atoms with E-state index in [0.29, 0.717) is 19.1 Å². The van der Waals surface area contributed by atoms with Crippen molar-refractivity contribution >= 4 is 0 Å². The lowest BCUT2D eigenvalue weighted by Gasteiger charge is -2.19. The predicted molar refractivity (Wildman–Crippen MR) is 81.3 cm³/mol. The van der Waals surface area contributed by atoms with E-state index in [1.807, 2.05) is 25.1 Å². The molecule has 1 aromatic rings. The zero-order chi connectivity index (χ0) is 15.0. The van der Waals surface area contributed by atoms with Crippen LogP contribution in [-0.2, 0) is 6.54 Å². The summed E-state index contributed by atoms with van der Waals surface area (Å²) in [6, 6.07) is 6.04. The lowest BCUT2D eigenvalue weighted by Crippen LogP contribution is -2.33. The van der Waals surface area contributed by atoms with E-state index in [9.17, 15) is 5.11 Å². The van der Waals surface area contributed by atoms with Crippen LogP contribution in [0.25, 0.3) is 0 Å². The maximum atomic E-state index is 9.37. The molecule has 0 fully saturated rings. The summed E-state index contributed by atoms with van der Waals surface area (Å²) in [4.78, 5) is 0. The van der Waals surface area contributed by atoms with Crippen LogP contribution in [0, 0.1) is 5.92 Å². The fourth-order valence-electron chi connectivity index (χ4n) is 2.15. The molecule has 1 aromatic carbocycles. The van der Waals surface area contributed by atoms with Crippen molar-refractivity contribution in [2.45, 2.75) is 39.8 Å². The lowest BCUT2D eigenvalue weighted by atomic mass is 10.0. The Labute approximate surface area is 122 Å². The molecule has 1 unspecified atom stereocenters. The fraction of sp³-hybridized carbons (Fsp3) is 0.625. The monoisotopic (exact) mass is 281 g/mol. The van der Waals surface area contributed by atoms with E-state index >= 15 is 0 Å². The minimum Gasteiger partial charge on any atom is -0.493 e. The van der Waals surface area contributed by atoms with Crippen molar-refractivity contribution in [3.63, 3.8) is 0 Å². The van der Waals surface area contributed by atoms with Crippen LogP contribution >= 0.6 is 0 Å². The average molecular weight is 281 g/mol. The molecule has 4 heteroatoms. The highest BCUT2D eigenvalue weighted by atomic mass is 16.5. The number of aliphatic hydroxyl groups is 1. The maximum Gasteiger partial charge on any atom is 0.161 e. The smallest absolute Gasteiger partial charge is 0.161 e. The third kappa shape index (κ3) is 5.39. The van der Waals surface area contributed by atoms with Crippen molar-refractivity contribution in [3.8, 4) is 11.5 Å². The molecule has 114 valence electrons. The molecule has 0 aliphatic rings. The van der Waals surface area contributed by atoms with Crippen LogP contribution < -0.4 is 14.8 Å². The zero-order valence-corrected chi connectivity index (χ0v) is 13.0. The van der Waals surface area contributed by atoms with Crippen molar-refractivity contribution in [3.05, 3.63) is 23.8 Å². The molecule has 1 atom stereocenters. The normalized spacial score (nSPS) is 12.5. The second-order valence-electron chi connectivity index (χ2n) is 5.31. The van der Waals surface area contributed by atoms with Crippen molar-refractivity contribution < 1.29 is 14.6 Å². The molecule has 4 nitrogen and oxygen atoms in total. The number of methoxy groups -OCH3 is 1. The van der Waals surface area contributed by atoms with Gasteiger partial charge in [-0.3, -0.25) is 0 Å². The van der Waals surface area contributed by atoms with Gasteiger partial charge in [-0.05, 0) is 37.0 Å². The van der Waals surface area contributed by atoms with Crippen molar-refractivity contribution in [2.24, 2.45) is 5.92 Å². The minimum atomic E-state index is 0.132. The summed E-state index contributed by atoms with van der Waals surface area (Å²) in [6.07, 6.45) is 0.963. The first-order valence-electron chi connectivity index (χ1n) is 7.24. The average Bonchev–Trinajstić information content (AvgIpc) is 2.43. The quantitative estimate of drug-likeness (QED) is 0.730. The Balaban J connectivity index is 2.65. The van der Waals surface area contributed by atoms with Crippen LogP contribution in [0.5, 0.6) is 11.5 Å². The predicted octanol–water partition coefficient (Wildman–Crippen LogP) is 2.59. The first kappa shape index (κ1) is 16.8. The Kier molecular flexibility index (Phi) is 7.41. The molecule has 0 aromatic heterocycles. The van der Waals surface area contributed by atoms with E-state index in [-0.39, 0.29) is 12.6 Å². The summed E-state index contributed by atoms with van der Waals surface area (Å²) in [5.74, 6) is 2.07. The van der Waals surface area contributed by atoms with Gasteiger partial charge in [-0.25, -0.2) is 0 Å². The van der Waals surface area contributed by atoms with E-state index in [4.69, 9.17) is 9.47 Å². The maximum absolute atomic E-state index is 9.37. The first-order valence-corrected chi connectivity index (χ1v) is 7.24. The van der Waals surface area contributed by atoms with Gasteiger partial charge in [-0.2, -0.15) is 0 Å². The second kappa shape index (κ2) is 8.82. The number of benzene rings is 1. The number of hydrogen-bond acceptors (Lipinski definition) is 4. The Bertz CT molecular complexity index is 393. The zero-order valence-electron chi connectivity index (χ0n) is 13.0. The molecule has 0 saturated heterocycles. The molecule has 0 amide bonds. The van der Waals surface area contributed by atoms with Crippen LogP contribution in [0.4, 0.5) is 0 Å². The van der Waals surface area contributed by atoms with Gasteiger partial charge in [0.05, 0.1) is 20.3 Å². The highest BCUT2D eigenvalue weighted by molar-refractivity contribution is 5.42. The van der Waals surface area contributed by atoms with Crippen LogP contribution in [0.2, 0.25) is 0 Å². The number of rotatable bonds is 9. The molecule has 0 bridgehead atoms. The van der Waals surface area contributed by atoms with E-state index in [1.54, 1.807) is 7.11 Å². The van der Waals surface area contributed by atoms with E-state index in [1.165, 1.54) is 0 Å². The summed E-state index contributed by atoms with van der Waals surface area (Å²) >= 11 is 0. The Morgan fingerprint density at radius 1 is 1.25 bits per heavy atom. The van der Waals surface area contributed by atoms with Gasteiger partial charge in [0, 0.05) is 12.6 Å². The van der Waals surface area contributed by atoms with E-state index < -0.39 is 0 Å². The summed E-state index contributed by atoms with van der Waals surface area (Å²) < 4.78 is 10.8. The highest BCUT2D eigenvalue weighted by Crippen LogP contribution is 2.28. The first-order chi connectivity index (χ1) is 9.60. The molecule has 0 aliphatic heterocycles. The third-order valence-electron chi connectivity index (χ3n) is 3.10. The summed E-state index contributed by atoms with van der Waals surface area (Å²) in [6.45, 7) is 7.75. The summed E-state index contributed by atoms with van der Waals surface area (Å²) in [7, 11) is 1.64. The van der Waals surface area contributed by atoms with Crippen molar-refractivity contribution in [2.75, 3.05) is 20.3 Å². The summed E-state index contributed by atoms with van der Waals surface area (Å²) in [5.41, 5.74) is 1.12. The molecule has 1 rings (SSSR count). The van der Waals surface area contributed by atoms with Crippen LogP contribution in [0.3, 0.4) is 0 Å². The molecule has 0 heterocycles. The molecule has 0 saturated carbocycles. The molecular weight excluding hydrogens is 254 g/mol. The van der Waals surface area contributed by atoms with Gasteiger partial charge in [0.2, 0.25) is 0 Å². The van der Waals surface area contributed by atoms with Gasteiger partial charge in [-0.1, -0.05) is 19.9 Å². The van der Waals surface area contributed by atoms with Gasteiger partial charge < -0.3 is 19.9 Å². The molecule has 0 radical (unpaired) electrons. The van der Waals surface area contributed by atoms with Crippen LogP contribution in [-0.4, -0.2) is 31.5 Å². The standard InChI is InChI=1S/C16H27NO3/c1-5-20-16-9-13(6-7-15(16)19-4)10-17-14(11-18)8-12(2)3/h6-7,9,12,14,17-18H,5,8,10-11H2,1-4H3. The number of aliphatic hydroxyl groups excluding tert-OH is 1. The SMILES string of the molecule is CCOc1cc(CNC(CO)CC(C)C)ccc1OC. The molecule has 0 spiro atoms. The van der Waals surface area contributed by atoms with Crippen LogP contribution in [0.15, 0.2) is 18.2 Å². The van der Waals surface area contributed by atoms with Gasteiger partial charge in [0.25, 0.3) is 0 Å². The summed E-state index contributed by atoms with van der Waals surface area (Å²) in [5, 5.41) is 12.7. The molecule has 0 aliphatic carbocycles. The Hall–Kier alpha value is -1.26. The Morgan fingerprint density at radius 2 is 2.00 bits per heavy atom. The Morgan fingerprint density at radius 3 is 2.55 bits per heavy atom. The molecule has 2 N–H and O–H groups in total. The van der Waals surface area contributed by atoms with Crippen molar-refractivity contribution in [1.29, 1.82) is 0 Å². The van der Waals surface area contributed by atoms with Crippen molar-refractivity contribution in [1.82, 2.24) is 5.32 Å². The lowest BCUT2D eigenvalue weighted by molar-refractivity contribution is 0.223. The fourth-order valence-corrected chi connectivity index (χ4v) is 2.15. The van der Waals surface area contributed by atoms with Gasteiger partial charge in [0.15, 0.2) is 11.5 Å². The van der Waals surface area contributed by atoms with Crippen LogP contribution in [0.1, 0.15) is 32.8 Å². The largest absolute Gasteiger partial charge is 0.493 e. The highest BCUT2D eigenvalue weighted by Gasteiger charge is 2.10. The molecular formula is C16H27NO3. The topological polar surface area (TPSA) is 50.7 Å². The number of hydrogen-bond donors (Lipinski definition) is 2. The molecule has 20 heavy (non-hydrogen) atoms. The van der Waals surface area contributed by atoms with Gasteiger partial charge in [-0.15, -0.1) is 0 Å². The van der Waals surface area contributed by atoms with E-state index in [0.717, 1.165) is 23.5 Å². The minimum absolute atomic E-state index is 0.132. The van der Waals surface area contributed by atoms with Gasteiger partial charge >= 0.3 is 0 Å². The third-order valence-corrected chi connectivity index (χ3v) is 3.10. The number of ether oxygens (including phenoxy) is 2. The second-order valence-corrected chi connectivity index (χ2v) is 5.31. The number of nitrogens with one attached hydrogen (secondary N) is 1. The van der Waals surface area contributed by atoms with E-state index in [2.05, 4.69) is 19.2 Å². The van der Waals surface area contributed by atoms with Gasteiger partial charge in [0.1, 0.15) is 0 Å².